The molecule has 0 radical (unpaired) electrons. The molecular weight excluding hydrogens is 313 g/mol. The molecule has 1 aromatic heterocycles. The van der Waals surface area contributed by atoms with E-state index >= 15 is 0 Å². The van der Waals surface area contributed by atoms with E-state index < -0.39 is 0 Å². The summed E-state index contributed by atoms with van der Waals surface area (Å²) >= 11 is 2.31. The van der Waals surface area contributed by atoms with E-state index in [1.165, 1.54) is 11.1 Å². The van der Waals surface area contributed by atoms with E-state index in [0.717, 1.165) is 18.7 Å². The van der Waals surface area contributed by atoms with Crippen molar-refractivity contribution in [3.8, 4) is 11.3 Å². The van der Waals surface area contributed by atoms with Gasteiger partial charge in [-0.25, -0.2) is 4.98 Å². The summed E-state index contributed by atoms with van der Waals surface area (Å²) in [6.45, 7) is 1.05. The van der Waals surface area contributed by atoms with Gasteiger partial charge in [-0.2, -0.15) is 0 Å². The van der Waals surface area contributed by atoms with Crippen molar-refractivity contribution < 1.29 is 0 Å². The van der Waals surface area contributed by atoms with Gasteiger partial charge in [0, 0.05) is 35.0 Å². The maximum Gasteiger partial charge on any atom is 0.0924 e. The molecule has 0 unspecified atom stereocenters. The average Bonchev–Trinajstić information content (AvgIpc) is 2.80. The third-order valence-electron chi connectivity index (χ3n) is 2.50. The first-order chi connectivity index (χ1) is 7.77. The zero-order valence-corrected chi connectivity index (χ0v) is 11.3. The van der Waals surface area contributed by atoms with Crippen molar-refractivity contribution in [2.24, 2.45) is 0 Å². The standard InChI is InChI=1S/C12H14IN3/c1-16(13)7-6-10-4-2-3-5-11(10)12-8-14-9-15-12/h2-5,8-9H,6-7H2,1H3,(H,14,15). The Morgan fingerprint density at radius 3 is 2.88 bits per heavy atom. The average molecular weight is 327 g/mol. The fourth-order valence-electron chi connectivity index (χ4n) is 1.68. The van der Waals surface area contributed by atoms with Gasteiger partial charge < -0.3 is 4.98 Å². The minimum absolute atomic E-state index is 1.05. The normalized spacial score (nSPS) is 10.9. The van der Waals surface area contributed by atoms with Crippen LogP contribution in [-0.2, 0) is 6.42 Å². The van der Waals surface area contributed by atoms with Crippen LogP contribution in [0.15, 0.2) is 36.8 Å². The highest BCUT2D eigenvalue weighted by Gasteiger charge is 2.05. The molecule has 0 aliphatic rings. The van der Waals surface area contributed by atoms with Crippen LogP contribution < -0.4 is 0 Å². The summed E-state index contributed by atoms with van der Waals surface area (Å²) in [6.07, 6.45) is 4.64. The van der Waals surface area contributed by atoms with Gasteiger partial charge in [-0.05, 0) is 19.0 Å². The summed E-state index contributed by atoms with van der Waals surface area (Å²) in [5.41, 5.74) is 3.69. The first kappa shape index (κ1) is 11.6. The number of H-pyrrole nitrogens is 1. The van der Waals surface area contributed by atoms with Gasteiger partial charge in [-0.1, -0.05) is 24.3 Å². The van der Waals surface area contributed by atoms with Crippen molar-refractivity contribution in [1.82, 2.24) is 13.1 Å². The maximum absolute atomic E-state index is 4.07. The molecule has 2 aromatic rings. The van der Waals surface area contributed by atoms with Crippen LogP contribution in [0.4, 0.5) is 0 Å². The van der Waals surface area contributed by atoms with Crippen LogP contribution in [0.1, 0.15) is 5.56 Å². The number of halogens is 1. The monoisotopic (exact) mass is 327 g/mol. The van der Waals surface area contributed by atoms with Crippen molar-refractivity contribution in [3.63, 3.8) is 0 Å². The SMILES string of the molecule is CN(I)CCc1ccccc1-c1cnc[nH]1. The molecule has 0 aliphatic heterocycles. The number of aromatic amines is 1. The maximum atomic E-state index is 4.07. The second-order valence-electron chi connectivity index (χ2n) is 3.70. The Hall–Kier alpha value is -0.880. The van der Waals surface area contributed by atoms with Crippen LogP contribution in [0.25, 0.3) is 11.3 Å². The Kier molecular flexibility index (Phi) is 3.95. The van der Waals surface area contributed by atoms with Crippen molar-refractivity contribution in [2.75, 3.05) is 13.6 Å². The summed E-state index contributed by atoms with van der Waals surface area (Å²) < 4.78 is 2.17. The lowest BCUT2D eigenvalue weighted by atomic mass is 10.0. The van der Waals surface area contributed by atoms with Gasteiger partial charge in [0.05, 0.1) is 18.2 Å². The van der Waals surface area contributed by atoms with E-state index in [1.807, 2.05) is 6.20 Å². The number of hydrogen-bond acceptors (Lipinski definition) is 2. The fourth-order valence-corrected chi connectivity index (χ4v) is 1.92. The molecule has 0 saturated carbocycles. The smallest absolute Gasteiger partial charge is 0.0924 e. The number of nitrogens with zero attached hydrogens (tertiary/aromatic N) is 2. The number of imidazole rings is 1. The van der Waals surface area contributed by atoms with E-state index in [4.69, 9.17) is 0 Å². The molecule has 16 heavy (non-hydrogen) atoms. The molecule has 1 heterocycles. The molecule has 0 saturated heterocycles. The summed E-state index contributed by atoms with van der Waals surface area (Å²) in [5.74, 6) is 0. The summed E-state index contributed by atoms with van der Waals surface area (Å²) in [5, 5.41) is 0. The van der Waals surface area contributed by atoms with E-state index in [0.29, 0.717) is 0 Å². The Bertz CT molecular complexity index is 437. The number of benzene rings is 1. The molecule has 0 spiro atoms. The topological polar surface area (TPSA) is 31.9 Å². The quantitative estimate of drug-likeness (QED) is 0.692. The molecular formula is C12H14IN3. The summed E-state index contributed by atoms with van der Waals surface area (Å²) in [6, 6.07) is 8.46. The third kappa shape index (κ3) is 2.82. The number of aromatic nitrogens is 2. The van der Waals surface area contributed by atoms with E-state index in [1.54, 1.807) is 6.33 Å². The van der Waals surface area contributed by atoms with Crippen molar-refractivity contribution in [2.45, 2.75) is 6.42 Å². The molecule has 2 rings (SSSR count). The Morgan fingerprint density at radius 1 is 1.38 bits per heavy atom. The Labute approximate surface area is 109 Å². The van der Waals surface area contributed by atoms with Gasteiger partial charge in [0.1, 0.15) is 0 Å². The Balaban J connectivity index is 2.24. The molecule has 84 valence electrons. The van der Waals surface area contributed by atoms with Crippen LogP contribution in [-0.4, -0.2) is 26.7 Å². The number of nitrogens with one attached hydrogen (secondary N) is 1. The lowest BCUT2D eigenvalue weighted by Crippen LogP contribution is -2.08. The molecule has 0 bridgehead atoms. The van der Waals surface area contributed by atoms with Gasteiger partial charge in [0.2, 0.25) is 0 Å². The first-order valence-electron chi connectivity index (χ1n) is 5.21. The molecule has 0 aliphatic carbocycles. The molecule has 0 amide bonds. The van der Waals surface area contributed by atoms with Crippen molar-refractivity contribution in [3.05, 3.63) is 42.4 Å². The number of likely N-dealkylation sites (N-methyl/N-ethyl adjacent to an activating group) is 1. The third-order valence-corrected chi connectivity index (χ3v) is 2.98. The highest BCUT2D eigenvalue weighted by atomic mass is 127. The summed E-state index contributed by atoms with van der Waals surface area (Å²) in [7, 11) is 2.08. The van der Waals surface area contributed by atoms with E-state index in [9.17, 15) is 0 Å². The van der Waals surface area contributed by atoms with Crippen LogP contribution in [0.2, 0.25) is 0 Å². The molecule has 1 N–H and O–H groups in total. The van der Waals surface area contributed by atoms with Crippen LogP contribution in [0.5, 0.6) is 0 Å². The van der Waals surface area contributed by atoms with Crippen LogP contribution in [0.3, 0.4) is 0 Å². The first-order valence-corrected chi connectivity index (χ1v) is 6.17. The van der Waals surface area contributed by atoms with Crippen LogP contribution >= 0.6 is 22.9 Å². The second-order valence-corrected chi connectivity index (χ2v) is 5.35. The molecule has 0 fully saturated rings. The highest BCUT2D eigenvalue weighted by molar-refractivity contribution is 14.1. The predicted octanol–water partition coefficient (Wildman–Crippen LogP) is 2.90. The molecule has 0 atom stereocenters. The van der Waals surface area contributed by atoms with Gasteiger partial charge in [-0.3, -0.25) is 3.11 Å². The summed E-state index contributed by atoms with van der Waals surface area (Å²) in [4.78, 5) is 7.22. The second kappa shape index (κ2) is 5.45. The van der Waals surface area contributed by atoms with E-state index in [2.05, 4.69) is 67.3 Å². The number of rotatable bonds is 4. The van der Waals surface area contributed by atoms with Gasteiger partial charge in [0.15, 0.2) is 0 Å². The van der Waals surface area contributed by atoms with Gasteiger partial charge in [0.25, 0.3) is 0 Å². The van der Waals surface area contributed by atoms with Crippen LogP contribution in [0, 0.1) is 0 Å². The minimum Gasteiger partial charge on any atom is -0.345 e. The van der Waals surface area contributed by atoms with E-state index in [-0.39, 0.29) is 0 Å². The fraction of sp³-hybridized carbons (Fsp3) is 0.250. The largest absolute Gasteiger partial charge is 0.345 e. The highest BCUT2D eigenvalue weighted by Crippen LogP contribution is 2.21. The Morgan fingerprint density at radius 2 is 2.19 bits per heavy atom. The lowest BCUT2D eigenvalue weighted by molar-refractivity contribution is 0.611. The zero-order chi connectivity index (χ0) is 11.4. The zero-order valence-electron chi connectivity index (χ0n) is 9.15. The van der Waals surface area contributed by atoms with Crippen molar-refractivity contribution in [1.29, 1.82) is 0 Å². The van der Waals surface area contributed by atoms with Gasteiger partial charge >= 0.3 is 0 Å². The van der Waals surface area contributed by atoms with Gasteiger partial charge in [-0.15, -0.1) is 0 Å². The lowest BCUT2D eigenvalue weighted by Gasteiger charge is -2.10. The predicted molar refractivity (Wildman–Crippen MR) is 74.4 cm³/mol. The molecule has 4 heteroatoms. The van der Waals surface area contributed by atoms with Crippen molar-refractivity contribution >= 4 is 22.9 Å². The minimum atomic E-state index is 1.05. The molecule has 3 nitrogen and oxygen atoms in total. The number of hydrogen-bond donors (Lipinski definition) is 1. The molecule has 1 aromatic carbocycles.